The highest BCUT2D eigenvalue weighted by Gasteiger charge is 2.59. The molecule has 1 aromatic rings. The zero-order valence-electron chi connectivity index (χ0n) is 54.9. The van der Waals surface area contributed by atoms with Gasteiger partial charge in [-0.1, -0.05) is 50.2 Å². The third-order valence-electron chi connectivity index (χ3n) is 18.9. The number of amides is 1. The van der Waals surface area contributed by atoms with Gasteiger partial charge in [-0.2, -0.15) is 0 Å². The minimum Gasteiger partial charge on any atom is -0.481 e. The van der Waals surface area contributed by atoms with Crippen LogP contribution in [-0.4, -0.2) is 410 Å². The first-order valence-corrected chi connectivity index (χ1v) is 33.5. The van der Waals surface area contributed by atoms with Crippen LogP contribution in [0.3, 0.4) is 0 Å². The number of unbranched alkanes of at least 4 members (excludes halogenated alkanes) is 8. The molecule has 7 aliphatic heterocycles. The second-order valence-electron chi connectivity index (χ2n) is 26.0. The van der Waals surface area contributed by atoms with Crippen molar-refractivity contribution in [1.29, 1.82) is 0 Å². The summed E-state index contributed by atoms with van der Waals surface area (Å²) < 4.78 is 75.5. The summed E-state index contributed by atoms with van der Waals surface area (Å²) in [6.07, 6.45) is -58.1. The van der Waals surface area contributed by atoms with Gasteiger partial charge in [0.2, 0.25) is 5.91 Å². The molecular weight excluding hydrogens is 1370 g/mol. The largest absolute Gasteiger partial charge is 0.481 e. The number of aliphatic carboxylic acids is 1. The van der Waals surface area contributed by atoms with Crippen LogP contribution in [0.1, 0.15) is 76.8 Å². The lowest BCUT2D eigenvalue weighted by Gasteiger charge is -2.50. The van der Waals surface area contributed by atoms with E-state index in [1.807, 2.05) is 0 Å². The average molecular weight is 1470 g/mol. The standard InChI is InChI=1S/C59H100N4O38/c1-22(71)63(14-23-13-62(61-60-23)12-10-8-6-4-2-3-5-7-9-11-31(72)73)53-40(82)34(76)47(25(16-65)89-53)96-55-42(84)36(78)49(27(18-67)91-55)98-57-44(86)38(80)51(29(20-69)93-57)100-59-46(88)39(81)52(30(21-70)95-59)101-58-45(87)37(79)50(28(19-68)94-58)99-56-43(85)35(77)48(26(17-66)92-56)97-54-41(83)33(75)32(74)24(15-64)90-54/h13,24-30,32-59,64-70,74-88H,2-12,14-21H2,1H3,(H,72,73)/t24-,25-,26-,27-,28-,29-,30-,32-,33+,34-,35-,36-,37-,38-,39-,40-,41-,42-,43-,44-,45-,46-,47-,48-,49-,50-,51-,52-,53-,54-,55-,56-,57-,58-,59-/m1/s1. The molecular formula is C59H100N4O38. The highest BCUT2D eigenvalue weighted by molar-refractivity contribution is 5.73. The summed E-state index contributed by atoms with van der Waals surface area (Å²) in [4.78, 5) is 24.8. The summed E-state index contributed by atoms with van der Waals surface area (Å²) in [5.74, 6) is -1.43. The molecule has 42 nitrogen and oxygen atoms in total. The summed E-state index contributed by atoms with van der Waals surface area (Å²) in [6.45, 7) is -5.60. The van der Waals surface area contributed by atoms with Gasteiger partial charge < -0.3 is 184 Å². The quantitative estimate of drug-likeness (QED) is 0.0285. The van der Waals surface area contributed by atoms with Gasteiger partial charge in [-0.3, -0.25) is 14.3 Å². The van der Waals surface area contributed by atoms with Crippen LogP contribution in [0.15, 0.2) is 6.20 Å². The Bertz CT molecular complexity index is 2620. The van der Waals surface area contributed by atoms with Crippen molar-refractivity contribution < 1.29 is 189 Å². The number of aliphatic hydroxyl groups excluding tert-OH is 22. The second-order valence-corrected chi connectivity index (χ2v) is 26.0. The average Bonchev–Trinajstić information content (AvgIpc) is 0.939. The molecule has 7 fully saturated rings. The van der Waals surface area contributed by atoms with Crippen molar-refractivity contribution in [2.45, 2.75) is 299 Å². The van der Waals surface area contributed by atoms with Crippen LogP contribution in [0.5, 0.6) is 0 Å². The van der Waals surface area contributed by atoms with E-state index in [0.717, 1.165) is 63.2 Å². The van der Waals surface area contributed by atoms with Crippen LogP contribution < -0.4 is 0 Å². The lowest BCUT2D eigenvalue weighted by molar-refractivity contribution is -0.397. The number of carboxylic acid groups (broad SMARTS) is 1. The number of ether oxygens (including phenoxy) is 13. The Labute approximate surface area is 576 Å². The lowest BCUT2D eigenvalue weighted by atomic mass is 9.95. The van der Waals surface area contributed by atoms with Gasteiger partial charge in [0, 0.05) is 19.9 Å². The molecule has 0 aromatic carbocycles. The molecule has 23 N–H and O–H groups in total. The third kappa shape index (κ3) is 19.7. The Morgan fingerprint density at radius 3 is 0.960 bits per heavy atom. The summed E-state index contributed by atoms with van der Waals surface area (Å²) in [7, 11) is 0. The SMILES string of the molecule is CC(=O)N(Cc1cn(CCCCCCCCCCCC(=O)O)nn1)[C@@H]1O[C@H](CO)[C@@H](O[C@H]2O[C@H](CO)[C@@H](O[C@H]3O[C@H](CO)[C@@H](O[C@H]4O[C@H](CO)[C@@H](O[C@H]5O[C@H](CO)[C@@H](O[C@H]6O[C@H](CO)[C@@H](O[C@H]7O[C@H](CO)[C@@H](O)[C@H](O)[C@H]7O)[C@H](O)[C@H]6O)[C@H](O)[C@H]5O)[C@H](O)[C@H]4O)[C@H](O)[C@H]3O)[C@H](O)[C@H]2O)[C@H](O)[C@H]1O. The maximum atomic E-state index is 13.1. The van der Waals surface area contributed by atoms with Crippen LogP contribution in [-0.2, 0) is 84.3 Å². The van der Waals surface area contributed by atoms with E-state index in [9.17, 15) is 122 Å². The highest BCUT2D eigenvalue weighted by atomic mass is 16.8. The normalized spacial score (nSPS) is 43.9. The summed E-state index contributed by atoms with van der Waals surface area (Å²) in [5.41, 5.74) is 0.291. The van der Waals surface area contributed by atoms with Crippen LogP contribution in [0.2, 0.25) is 0 Å². The van der Waals surface area contributed by atoms with Crippen LogP contribution >= 0.6 is 0 Å². The van der Waals surface area contributed by atoms with Gasteiger partial charge in [-0.05, 0) is 12.8 Å². The Balaban J connectivity index is 0.816. The van der Waals surface area contributed by atoms with Crippen molar-refractivity contribution in [3.05, 3.63) is 11.9 Å². The van der Waals surface area contributed by atoms with Crippen molar-refractivity contribution in [1.82, 2.24) is 19.9 Å². The molecule has 0 unspecified atom stereocenters. The van der Waals surface area contributed by atoms with Crippen molar-refractivity contribution in [3.63, 3.8) is 0 Å². The Kier molecular flexibility index (Phi) is 31.7. The molecule has 7 saturated heterocycles. The van der Waals surface area contributed by atoms with E-state index in [4.69, 9.17) is 66.7 Å². The number of hydrogen-bond acceptors (Lipinski definition) is 39. The maximum absolute atomic E-state index is 13.1. The molecule has 0 saturated carbocycles. The number of carbonyl (C=O) groups is 2. The molecule has 101 heavy (non-hydrogen) atoms. The molecule has 0 bridgehead atoms. The van der Waals surface area contributed by atoms with Gasteiger partial charge in [-0.15, -0.1) is 5.10 Å². The second kappa shape index (κ2) is 38.5. The van der Waals surface area contributed by atoms with Crippen molar-refractivity contribution in [2.24, 2.45) is 0 Å². The molecule has 7 aliphatic rings. The van der Waals surface area contributed by atoms with E-state index >= 15 is 0 Å². The molecule has 1 aromatic heterocycles. The van der Waals surface area contributed by atoms with Crippen molar-refractivity contribution in [2.75, 3.05) is 46.2 Å². The number of carbonyl (C=O) groups excluding carboxylic acids is 1. The molecule has 1 amide bonds. The topological polar surface area (TPSA) is 653 Å². The van der Waals surface area contributed by atoms with Gasteiger partial charge in [0.05, 0.1) is 59.0 Å². The van der Waals surface area contributed by atoms with E-state index in [2.05, 4.69) is 10.3 Å². The minimum atomic E-state index is -2.25. The molecule has 0 radical (unpaired) electrons. The number of rotatable bonds is 34. The van der Waals surface area contributed by atoms with E-state index in [1.165, 1.54) is 0 Å². The van der Waals surface area contributed by atoms with Gasteiger partial charge >= 0.3 is 5.97 Å². The Morgan fingerprint density at radius 1 is 0.376 bits per heavy atom. The predicted molar refractivity (Wildman–Crippen MR) is 320 cm³/mol. The van der Waals surface area contributed by atoms with Gasteiger partial charge in [0.15, 0.2) is 44.0 Å². The van der Waals surface area contributed by atoms with Crippen molar-refractivity contribution in [3.8, 4) is 0 Å². The first-order valence-electron chi connectivity index (χ1n) is 33.5. The molecule has 0 aliphatic carbocycles. The first-order chi connectivity index (χ1) is 48.2. The monoisotopic (exact) mass is 1470 g/mol. The van der Waals surface area contributed by atoms with Crippen LogP contribution in [0.4, 0.5) is 0 Å². The van der Waals surface area contributed by atoms with Crippen LogP contribution in [0.25, 0.3) is 0 Å². The fourth-order valence-corrected chi connectivity index (χ4v) is 13.1. The lowest BCUT2D eigenvalue weighted by Crippen LogP contribution is -2.68. The van der Waals surface area contributed by atoms with Crippen LogP contribution in [0, 0.1) is 0 Å². The molecule has 8 heterocycles. The molecule has 584 valence electrons. The zero-order valence-corrected chi connectivity index (χ0v) is 54.9. The Morgan fingerprint density at radius 2 is 0.653 bits per heavy atom. The number of aliphatic hydroxyl groups is 22. The number of aryl methyl sites for hydroxylation is 1. The molecule has 0 spiro atoms. The summed E-state index contributed by atoms with van der Waals surface area (Å²) >= 11 is 0. The minimum absolute atomic E-state index is 0.175. The molecule has 35 atom stereocenters. The smallest absolute Gasteiger partial charge is 0.303 e. The maximum Gasteiger partial charge on any atom is 0.303 e. The van der Waals surface area contributed by atoms with Crippen molar-refractivity contribution >= 4 is 11.9 Å². The third-order valence-corrected chi connectivity index (χ3v) is 18.9. The Hall–Kier alpha value is -3.32. The van der Waals surface area contributed by atoms with Gasteiger partial charge in [-0.25, -0.2) is 0 Å². The fourth-order valence-electron chi connectivity index (χ4n) is 13.1. The highest BCUT2D eigenvalue weighted by Crippen LogP contribution is 2.38. The van der Waals surface area contributed by atoms with E-state index in [1.54, 1.807) is 10.9 Å². The van der Waals surface area contributed by atoms with E-state index in [-0.39, 0.29) is 13.0 Å². The number of nitrogens with zero attached hydrogens (tertiary/aromatic N) is 4. The molecule has 8 rings (SSSR count). The number of carboxylic acids is 1. The van der Waals surface area contributed by atoms with E-state index in [0.29, 0.717) is 18.7 Å². The van der Waals surface area contributed by atoms with E-state index < -0.39 is 273 Å². The zero-order chi connectivity index (χ0) is 73.8. The summed E-state index contributed by atoms with van der Waals surface area (Å²) in [6, 6.07) is 0. The first kappa shape index (κ1) is 83.3. The number of aromatic nitrogens is 3. The molecule has 42 heteroatoms. The number of hydrogen-bond donors (Lipinski definition) is 23. The van der Waals surface area contributed by atoms with Gasteiger partial charge in [0.1, 0.15) is 177 Å². The summed E-state index contributed by atoms with van der Waals surface area (Å²) in [5, 5.41) is 256. The predicted octanol–water partition coefficient (Wildman–Crippen LogP) is -12.6. The van der Waals surface area contributed by atoms with Gasteiger partial charge in [0.25, 0.3) is 0 Å². The fraction of sp³-hybridized carbons (Fsp3) is 0.932.